The molecule has 0 radical (unpaired) electrons. The van der Waals surface area contributed by atoms with E-state index in [1.807, 2.05) is 0 Å². The summed E-state index contributed by atoms with van der Waals surface area (Å²) in [5, 5.41) is 11.3. The molecule has 6 heteroatoms. The lowest BCUT2D eigenvalue weighted by Gasteiger charge is -2.06. The molecule has 0 atom stereocenters. The van der Waals surface area contributed by atoms with Gasteiger partial charge in [0.2, 0.25) is 0 Å². The second-order valence-electron chi connectivity index (χ2n) is 4.24. The highest BCUT2D eigenvalue weighted by Crippen LogP contribution is 2.10. The number of hydrogen-bond donors (Lipinski definition) is 3. The fourth-order valence-electron chi connectivity index (χ4n) is 1.75. The van der Waals surface area contributed by atoms with Gasteiger partial charge in [-0.3, -0.25) is 4.79 Å². The fourth-order valence-corrected chi connectivity index (χ4v) is 1.75. The molecule has 0 aliphatic rings. The number of aromatic nitrogens is 2. The van der Waals surface area contributed by atoms with E-state index in [1.54, 1.807) is 12.5 Å². The highest BCUT2D eigenvalue weighted by Gasteiger charge is 2.11. The Morgan fingerprint density at radius 2 is 2.33 bits per heavy atom. The number of nitrogens with zero attached hydrogens (tertiary/aromatic N) is 1. The Balaban J connectivity index is 2.00. The van der Waals surface area contributed by atoms with Gasteiger partial charge in [0.15, 0.2) is 0 Å². The second-order valence-corrected chi connectivity index (χ2v) is 4.24. The molecule has 108 valence electrons. The van der Waals surface area contributed by atoms with Gasteiger partial charge in [-0.05, 0) is 18.2 Å². The standard InChI is InChI=1S/C15H14FN3O2/c16-14-4-3-11(2-1-7-20)8-13(14)15(21)18-6-5-12-9-17-10-19-12/h3-4,8-10,20H,5-7H2,(H,17,19)(H,18,21). The second kappa shape index (κ2) is 7.22. The molecule has 2 aromatic rings. The predicted molar refractivity (Wildman–Crippen MR) is 75.0 cm³/mol. The first-order valence-electron chi connectivity index (χ1n) is 6.35. The molecule has 1 amide bonds. The summed E-state index contributed by atoms with van der Waals surface area (Å²) in [6, 6.07) is 4.01. The Hall–Kier alpha value is -2.65. The molecule has 2 rings (SSSR count). The number of nitrogens with one attached hydrogen (secondary N) is 2. The van der Waals surface area contributed by atoms with Crippen LogP contribution in [0.15, 0.2) is 30.7 Å². The van der Waals surface area contributed by atoms with Crippen LogP contribution in [0, 0.1) is 17.7 Å². The van der Waals surface area contributed by atoms with Gasteiger partial charge in [-0.1, -0.05) is 11.8 Å². The van der Waals surface area contributed by atoms with Crippen molar-refractivity contribution in [1.82, 2.24) is 15.3 Å². The van der Waals surface area contributed by atoms with E-state index in [2.05, 4.69) is 27.1 Å². The van der Waals surface area contributed by atoms with E-state index in [1.165, 1.54) is 18.2 Å². The van der Waals surface area contributed by atoms with Crippen LogP contribution in [0.1, 0.15) is 21.6 Å². The van der Waals surface area contributed by atoms with Gasteiger partial charge < -0.3 is 15.4 Å². The molecule has 1 aromatic heterocycles. The van der Waals surface area contributed by atoms with Crippen LogP contribution in [-0.4, -0.2) is 34.1 Å². The zero-order chi connectivity index (χ0) is 15.1. The van der Waals surface area contributed by atoms with E-state index in [0.717, 1.165) is 5.69 Å². The number of benzene rings is 1. The Bertz CT molecular complexity index is 672. The van der Waals surface area contributed by atoms with Crippen LogP contribution < -0.4 is 5.32 Å². The normalized spacial score (nSPS) is 9.81. The fraction of sp³-hybridized carbons (Fsp3) is 0.200. The molecule has 5 nitrogen and oxygen atoms in total. The van der Waals surface area contributed by atoms with E-state index in [9.17, 15) is 9.18 Å². The lowest BCUT2D eigenvalue weighted by Crippen LogP contribution is -2.26. The highest BCUT2D eigenvalue weighted by atomic mass is 19.1. The molecule has 0 aliphatic heterocycles. The van der Waals surface area contributed by atoms with Crippen molar-refractivity contribution in [2.24, 2.45) is 0 Å². The number of H-pyrrole nitrogens is 1. The maximum atomic E-state index is 13.7. The number of rotatable bonds is 4. The maximum absolute atomic E-state index is 13.7. The summed E-state index contributed by atoms with van der Waals surface area (Å²) in [5.41, 5.74) is 1.30. The number of imidazole rings is 1. The average Bonchev–Trinajstić information content (AvgIpc) is 2.99. The van der Waals surface area contributed by atoms with Gasteiger partial charge in [-0.2, -0.15) is 0 Å². The molecule has 1 aromatic carbocycles. The van der Waals surface area contributed by atoms with Gasteiger partial charge in [-0.25, -0.2) is 9.37 Å². The average molecular weight is 287 g/mol. The molecular formula is C15H14FN3O2. The minimum Gasteiger partial charge on any atom is -0.384 e. The van der Waals surface area contributed by atoms with Gasteiger partial charge in [0.1, 0.15) is 12.4 Å². The minimum atomic E-state index is -0.608. The van der Waals surface area contributed by atoms with E-state index >= 15 is 0 Å². The quantitative estimate of drug-likeness (QED) is 0.730. The van der Waals surface area contributed by atoms with Crippen molar-refractivity contribution < 1.29 is 14.3 Å². The third-order valence-corrected chi connectivity index (χ3v) is 2.76. The predicted octanol–water partition coefficient (Wildman–Crippen LogP) is 0.865. The monoisotopic (exact) mass is 287 g/mol. The summed E-state index contributed by atoms with van der Waals surface area (Å²) < 4.78 is 13.7. The van der Waals surface area contributed by atoms with Crippen molar-refractivity contribution in [1.29, 1.82) is 0 Å². The first-order chi connectivity index (χ1) is 10.2. The SMILES string of the molecule is O=C(NCCc1cnc[nH]1)c1cc(C#CCO)ccc1F. The molecular weight excluding hydrogens is 273 g/mol. The molecule has 0 spiro atoms. The minimum absolute atomic E-state index is 0.0654. The topological polar surface area (TPSA) is 78.0 Å². The summed E-state index contributed by atoms with van der Waals surface area (Å²) in [5.74, 6) is 3.98. The first kappa shape index (κ1) is 14.8. The van der Waals surface area contributed by atoms with Crippen LogP contribution in [0.3, 0.4) is 0 Å². The van der Waals surface area contributed by atoms with E-state index in [4.69, 9.17) is 5.11 Å². The number of carbonyl (C=O) groups is 1. The summed E-state index contributed by atoms with van der Waals surface area (Å²) in [6.07, 6.45) is 3.80. The van der Waals surface area contributed by atoms with Crippen LogP contribution in [0.2, 0.25) is 0 Å². The van der Waals surface area contributed by atoms with Gasteiger partial charge in [0, 0.05) is 30.4 Å². The lowest BCUT2D eigenvalue weighted by molar-refractivity contribution is 0.0950. The molecule has 0 aliphatic carbocycles. The van der Waals surface area contributed by atoms with Gasteiger partial charge in [0.05, 0.1) is 11.9 Å². The molecule has 0 saturated heterocycles. The van der Waals surface area contributed by atoms with Gasteiger partial charge >= 0.3 is 0 Å². The molecule has 0 unspecified atom stereocenters. The van der Waals surface area contributed by atoms with Crippen LogP contribution in [0.5, 0.6) is 0 Å². The van der Waals surface area contributed by atoms with Crippen molar-refractivity contribution in [2.75, 3.05) is 13.2 Å². The third-order valence-electron chi connectivity index (χ3n) is 2.76. The van der Waals surface area contributed by atoms with Crippen LogP contribution in [0.25, 0.3) is 0 Å². The van der Waals surface area contributed by atoms with Crippen LogP contribution in [0.4, 0.5) is 4.39 Å². The van der Waals surface area contributed by atoms with E-state index < -0.39 is 11.7 Å². The van der Waals surface area contributed by atoms with Crippen molar-refractivity contribution in [2.45, 2.75) is 6.42 Å². The summed E-state index contributed by atoms with van der Waals surface area (Å²) in [4.78, 5) is 18.7. The number of halogens is 1. The Morgan fingerprint density at radius 3 is 3.05 bits per heavy atom. The molecule has 0 bridgehead atoms. The zero-order valence-electron chi connectivity index (χ0n) is 11.2. The van der Waals surface area contributed by atoms with Gasteiger partial charge in [0.25, 0.3) is 5.91 Å². The lowest BCUT2D eigenvalue weighted by atomic mass is 10.1. The van der Waals surface area contributed by atoms with E-state index in [-0.39, 0.29) is 12.2 Å². The number of aliphatic hydroxyl groups is 1. The largest absolute Gasteiger partial charge is 0.384 e. The van der Waals surface area contributed by atoms with Crippen LogP contribution in [-0.2, 0) is 6.42 Å². The molecule has 0 fully saturated rings. The molecule has 3 N–H and O–H groups in total. The number of hydrogen-bond acceptors (Lipinski definition) is 3. The van der Waals surface area contributed by atoms with E-state index in [0.29, 0.717) is 18.5 Å². The van der Waals surface area contributed by atoms with Crippen LogP contribution >= 0.6 is 0 Å². The Kier molecular flexibility index (Phi) is 5.07. The smallest absolute Gasteiger partial charge is 0.254 e. The number of amides is 1. The molecule has 1 heterocycles. The molecule has 21 heavy (non-hydrogen) atoms. The zero-order valence-corrected chi connectivity index (χ0v) is 11.2. The number of aromatic amines is 1. The van der Waals surface area contributed by atoms with Crippen molar-refractivity contribution in [3.05, 3.63) is 53.4 Å². The third kappa shape index (κ3) is 4.16. The Morgan fingerprint density at radius 1 is 1.48 bits per heavy atom. The summed E-state index contributed by atoms with van der Waals surface area (Å²) in [6.45, 7) is 0.0795. The summed E-state index contributed by atoms with van der Waals surface area (Å²) >= 11 is 0. The molecule has 0 saturated carbocycles. The summed E-state index contributed by atoms with van der Waals surface area (Å²) in [7, 11) is 0. The van der Waals surface area contributed by atoms with Crippen molar-refractivity contribution in [3.8, 4) is 11.8 Å². The van der Waals surface area contributed by atoms with Crippen molar-refractivity contribution >= 4 is 5.91 Å². The van der Waals surface area contributed by atoms with Crippen molar-refractivity contribution in [3.63, 3.8) is 0 Å². The van der Waals surface area contributed by atoms with Gasteiger partial charge in [-0.15, -0.1) is 0 Å². The maximum Gasteiger partial charge on any atom is 0.254 e. The Labute approximate surface area is 121 Å². The number of carbonyl (C=O) groups excluding carboxylic acids is 1. The number of aliphatic hydroxyl groups excluding tert-OH is 1. The highest BCUT2D eigenvalue weighted by molar-refractivity contribution is 5.94. The first-order valence-corrected chi connectivity index (χ1v) is 6.35.